The molecule has 5 nitrogen and oxygen atoms in total. The fraction of sp³-hybridized carbons (Fsp3) is 0.167. The van der Waals surface area contributed by atoms with Gasteiger partial charge in [-0.25, -0.2) is 14.4 Å². The van der Waals surface area contributed by atoms with Crippen molar-refractivity contribution in [2.45, 2.75) is 23.3 Å². The summed E-state index contributed by atoms with van der Waals surface area (Å²) in [5.41, 5.74) is 2.38. The van der Waals surface area contributed by atoms with Gasteiger partial charge in [0.05, 0.1) is 22.7 Å². The Morgan fingerprint density at radius 1 is 1.06 bits per heavy atom. The van der Waals surface area contributed by atoms with Crippen molar-refractivity contribution in [1.29, 1.82) is 0 Å². The van der Waals surface area contributed by atoms with Crippen molar-refractivity contribution in [2.24, 2.45) is 5.14 Å². The van der Waals surface area contributed by atoms with Crippen LogP contribution in [0.25, 0.3) is 21.7 Å². The minimum atomic E-state index is -3.94. The molecular weight excluding hydrogens is 445 g/mol. The van der Waals surface area contributed by atoms with Gasteiger partial charge in [0, 0.05) is 32.2 Å². The molecule has 0 fully saturated rings. The zero-order valence-electron chi connectivity index (χ0n) is 18.0. The number of benzene rings is 2. The molecule has 2 aromatic heterocycles. The lowest BCUT2D eigenvalue weighted by Gasteiger charge is -2.33. The van der Waals surface area contributed by atoms with Gasteiger partial charge in [-0.3, -0.25) is 9.35 Å². The van der Waals surface area contributed by atoms with Gasteiger partial charge in [0.1, 0.15) is 16.6 Å². The third-order valence-electron chi connectivity index (χ3n) is 5.25. The largest absolute Gasteiger partial charge is 0.497 e. The topological polar surface area (TPSA) is 78.1 Å². The second kappa shape index (κ2) is 8.20. The lowest BCUT2D eigenvalue weighted by molar-refractivity contribution is 0.414. The Labute approximate surface area is 190 Å². The zero-order chi connectivity index (χ0) is 23.0. The Morgan fingerprint density at radius 3 is 2.38 bits per heavy atom. The van der Waals surface area contributed by atoms with E-state index in [4.69, 9.17) is 14.9 Å². The number of ether oxygens (including phenoxy) is 1. The third kappa shape index (κ3) is 4.09. The Hall–Kier alpha value is -2.94. The summed E-state index contributed by atoms with van der Waals surface area (Å²) < 4.78 is 32.7. The Balaban J connectivity index is 1.84. The normalized spacial score (nSPS) is 12.8. The molecule has 32 heavy (non-hydrogen) atoms. The number of hydrogen-bond acceptors (Lipinski definition) is 5. The van der Waals surface area contributed by atoms with Crippen molar-refractivity contribution in [3.05, 3.63) is 77.7 Å². The molecule has 8 heteroatoms. The standard InChI is InChI=1S/C24H24FN3O2S2/c1-4-21-28-23(16-5-7-18(25)8-6-16)24(31-21)17-13-14-27-22(15-17)32(3,26,29)20-11-9-19(30-2)10-12-20/h5-15H,4H2,1-3H3,(H2,26,29). The zero-order valence-corrected chi connectivity index (χ0v) is 19.7. The predicted molar refractivity (Wildman–Crippen MR) is 128 cm³/mol. The molecule has 0 saturated carbocycles. The minimum Gasteiger partial charge on any atom is -0.497 e. The molecule has 0 radical (unpaired) electrons. The molecule has 0 spiro atoms. The van der Waals surface area contributed by atoms with E-state index in [1.54, 1.807) is 67.1 Å². The molecule has 0 aliphatic heterocycles. The molecule has 0 unspecified atom stereocenters. The van der Waals surface area contributed by atoms with Crippen LogP contribution in [0.2, 0.25) is 0 Å². The van der Waals surface area contributed by atoms with Gasteiger partial charge in [-0.2, -0.15) is 0 Å². The number of rotatable bonds is 6. The van der Waals surface area contributed by atoms with Crippen molar-refractivity contribution in [2.75, 3.05) is 13.4 Å². The van der Waals surface area contributed by atoms with E-state index >= 15 is 0 Å². The van der Waals surface area contributed by atoms with Crippen LogP contribution >= 0.6 is 11.3 Å². The first kappa shape index (κ1) is 22.3. The van der Waals surface area contributed by atoms with Gasteiger partial charge in [-0.1, -0.05) is 6.92 Å². The number of nitrogens with zero attached hydrogens (tertiary/aromatic N) is 2. The maximum absolute atomic E-state index is 14.0. The summed E-state index contributed by atoms with van der Waals surface area (Å²) in [4.78, 5) is 10.5. The van der Waals surface area contributed by atoms with Crippen molar-refractivity contribution < 1.29 is 13.3 Å². The van der Waals surface area contributed by atoms with Crippen molar-refractivity contribution >= 4 is 20.6 Å². The number of aromatic nitrogens is 2. The molecule has 0 bridgehead atoms. The lowest BCUT2D eigenvalue weighted by atomic mass is 10.1. The highest BCUT2D eigenvalue weighted by atomic mass is 32.3. The molecule has 0 amide bonds. The number of methoxy groups -OCH3 is 1. The second-order valence-corrected chi connectivity index (χ2v) is 12.4. The van der Waals surface area contributed by atoms with Gasteiger partial charge in [-0.15, -0.1) is 11.3 Å². The van der Waals surface area contributed by atoms with Gasteiger partial charge in [0.15, 0.2) is 0 Å². The first-order chi connectivity index (χ1) is 15.2. The van der Waals surface area contributed by atoms with Gasteiger partial charge < -0.3 is 4.74 Å². The van der Waals surface area contributed by atoms with Gasteiger partial charge in [0.2, 0.25) is 0 Å². The highest BCUT2D eigenvalue weighted by molar-refractivity contribution is 8.17. The number of pyridine rings is 1. The van der Waals surface area contributed by atoms with Crippen LogP contribution in [0, 0.1) is 5.82 Å². The number of thiazole rings is 1. The molecule has 2 N–H and O–H groups in total. The number of nitrogens with two attached hydrogens (primary N) is 1. The predicted octanol–water partition coefficient (Wildman–Crippen LogP) is 5.32. The van der Waals surface area contributed by atoms with E-state index in [1.165, 1.54) is 18.4 Å². The molecule has 2 heterocycles. The Bertz CT molecular complexity index is 1330. The molecule has 0 aliphatic rings. The van der Waals surface area contributed by atoms with E-state index in [-0.39, 0.29) is 5.82 Å². The van der Waals surface area contributed by atoms with Crippen LogP contribution < -0.4 is 9.88 Å². The maximum atomic E-state index is 14.0. The van der Waals surface area contributed by atoms with Crippen LogP contribution in [0.15, 0.2) is 76.8 Å². The molecular formula is C24H24FN3O2S2. The lowest BCUT2D eigenvalue weighted by Crippen LogP contribution is -2.42. The summed E-state index contributed by atoms with van der Waals surface area (Å²) in [6.45, 7) is 2.04. The van der Waals surface area contributed by atoms with Crippen LogP contribution in [0.3, 0.4) is 0 Å². The summed E-state index contributed by atoms with van der Waals surface area (Å²) in [7, 11) is -2.37. The summed E-state index contributed by atoms with van der Waals surface area (Å²) in [6, 6.07) is 16.7. The number of aryl methyl sites for hydroxylation is 1. The summed E-state index contributed by atoms with van der Waals surface area (Å²) in [5, 5.41) is 7.78. The van der Waals surface area contributed by atoms with Crippen LogP contribution in [-0.4, -0.2) is 27.5 Å². The third-order valence-corrected chi connectivity index (χ3v) is 9.21. The average Bonchev–Trinajstić information content (AvgIpc) is 3.24. The highest BCUT2D eigenvalue weighted by Gasteiger charge is 2.33. The molecule has 2 aromatic carbocycles. The van der Waals surface area contributed by atoms with Crippen LogP contribution in [-0.2, 0) is 15.7 Å². The van der Waals surface area contributed by atoms with E-state index in [9.17, 15) is 8.60 Å². The SMILES string of the molecule is CCc1nc(-c2ccc(F)cc2)c(-c2ccnc(S(C)(N)(=O)c3ccc(OC)cc3)c2)s1. The molecule has 4 rings (SSSR count). The second-order valence-electron chi connectivity index (χ2n) is 7.62. The summed E-state index contributed by atoms with van der Waals surface area (Å²) in [5.74, 6) is 0.350. The van der Waals surface area contributed by atoms with Crippen molar-refractivity contribution in [3.8, 4) is 27.4 Å². The van der Waals surface area contributed by atoms with Crippen molar-refractivity contribution in [3.63, 3.8) is 0 Å². The van der Waals surface area contributed by atoms with Crippen molar-refractivity contribution in [1.82, 2.24) is 9.97 Å². The average molecular weight is 470 g/mol. The quantitative estimate of drug-likeness (QED) is 0.414. The molecule has 4 aromatic rings. The summed E-state index contributed by atoms with van der Waals surface area (Å²) in [6.07, 6.45) is 3.90. The first-order valence-corrected chi connectivity index (χ1v) is 13.3. The Kier molecular flexibility index (Phi) is 5.70. The first-order valence-electron chi connectivity index (χ1n) is 10.0. The molecule has 166 valence electrons. The van der Waals surface area contributed by atoms with Crippen LogP contribution in [0.4, 0.5) is 4.39 Å². The fourth-order valence-electron chi connectivity index (χ4n) is 3.38. The van der Waals surface area contributed by atoms with E-state index in [2.05, 4.69) is 4.98 Å². The number of hydrogen-bond donors (Lipinski definition) is 1. The highest BCUT2D eigenvalue weighted by Crippen LogP contribution is 2.40. The molecule has 0 saturated heterocycles. The van der Waals surface area contributed by atoms with Gasteiger partial charge >= 0.3 is 0 Å². The monoisotopic (exact) mass is 469 g/mol. The minimum absolute atomic E-state index is 0.293. The number of halogens is 1. The van der Waals surface area contributed by atoms with E-state index < -0.39 is 9.25 Å². The fourth-order valence-corrected chi connectivity index (χ4v) is 6.20. The molecule has 0 aliphatic carbocycles. The van der Waals surface area contributed by atoms with Crippen LogP contribution in [0.1, 0.15) is 11.9 Å². The maximum Gasteiger partial charge on any atom is 0.123 e. The van der Waals surface area contributed by atoms with Gasteiger partial charge in [-0.05, 0) is 72.6 Å². The molecule has 0 atom stereocenters. The van der Waals surface area contributed by atoms with E-state index in [0.29, 0.717) is 15.7 Å². The smallest absolute Gasteiger partial charge is 0.123 e. The Morgan fingerprint density at radius 2 is 1.75 bits per heavy atom. The van der Waals surface area contributed by atoms with Crippen LogP contribution in [0.5, 0.6) is 5.75 Å². The summed E-state index contributed by atoms with van der Waals surface area (Å²) >= 11 is 1.55. The van der Waals surface area contributed by atoms with E-state index in [0.717, 1.165) is 33.1 Å². The van der Waals surface area contributed by atoms with Gasteiger partial charge in [0.25, 0.3) is 0 Å². The van der Waals surface area contributed by atoms with E-state index in [1.807, 2.05) is 13.0 Å².